The predicted molar refractivity (Wildman–Crippen MR) is 80.0 cm³/mol. The van der Waals surface area contributed by atoms with Crippen LogP contribution in [-0.2, 0) is 9.59 Å². The van der Waals surface area contributed by atoms with Crippen molar-refractivity contribution in [2.75, 3.05) is 26.7 Å². The van der Waals surface area contributed by atoms with E-state index in [1.54, 1.807) is 16.8 Å². The molecule has 1 aliphatic rings. The zero-order valence-electron chi connectivity index (χ0n) is 13.3. The monoisotopic (exact) mass is 283 g/mol. The molecule has 2 amide bonds. The number of hydrogen-bond donors (Lipinski definition) is 1. The first-order chi connectivity index (χ1) is 9.38. The molecule has 5 nitrogen and oxygen atoms in total. The fraction of sp³-hybridized carbons (Fsp3) is 0.867. The Labute approximate surface area is 122 Å². The molecule has 1 aliphatic carbocycles. The highest BCUT2D eigenvalue weighted by molar-refractivity contribution is 5.85. The van der Waals surface area contributed by atoms with Gasteiger partial charge in [-0.05, 0) is 39.0 Å². The Kier molecular flexibility index (Phi) is 6.46. The minimum atomic E-state index is -0.0248. The molecule has 20 heavy (non-hydrogen) atoms. The van der Waals surface area contributed by atoms with E-state index in [9.17, 15) is 9.59 Å². The van der Waals surface area contributed by atoms with Gasteiger partial charge in [-0.15, -0.1) is 0 Å². The smallest absolute Gasteiger partial charge is 0.242 e. The second-order valence-electron chi connectivity index (χ2n) is 6.03. The summed E-state index contributed by atoms with van der Waals surface area (Å²) in [4.78, 5) is 27.8. The molecular formula is C15H29N3O2. The van der Waals surface area contributed by atoms with Gasteiger partial charge in [0.05, 0.1) is 6.54 Å². The first-order valence-corrected chi connectivity index (χ1v) is 7.67. The van der Waals surface area contributed by atoms with Crippen LogP contribution < -0.4 is 5.73 Å². The second-order valence-corrected chi connectivity index (χ2v) is 6.03. The maximum atomic E-state index is 12.4. The van der Waals surface area contributed by atoms with Crippen molar-refractivity contribution in [1.29, 1.82) is 0 Å². The largest absolute Gasteiger partial charge is 0.342 e. The summed E-state index contributed by atoms with van der Waals surface area (Å²) < 4.78 is 0. The number of hydrogen-bond acceptors (Lipinski definition) is 3. The van der Waals surface area contributed by atoms with Crippen LogP contribution in [0.2, 0.25) is 0 Å². The van der Waals surface area contributed by atoms with Gasteiger partial charge < -0.3 is 15.5 Å². The zero-order chi connectivity index (χ0) is 15.3. The van der Waals surface area contributed by atoms with Crippen LogP contribution in [0.5, 0.6) is 0 Å². The molecule has 0 heterocycles. The van der Waals surface area contributed by atoms with E-state index in [0.29, 0.717) is 19.0 Å². The average Bonchev–Trinajstić information content (AvgIpc) is 2.37. The van der Waals surface area contributed by atoms with E-state index in [0.717, 1.165) is 19.3 Å². The van der Waals surface area contributed by atoms with Crippen LogP contribution in [0.1, 0.15) is 40.0 Å². The Morgan fingerprint density at radius 3 is 2.25 bits per heavy atom. The third kappa shape index (κ3) is 4.47. The average molecular weight is 283 g/mol. The normalized spacial score (nSPS) is 26.1. The standard InChI is InChI=1S/C15H29N3O2/c1-5-18(6-2)14(19)10-17(4)15(20)12-7-11(3)8-13(16)9-12/h11-13H,5-10,16H2,1-4H3. The molecule has 0 aromatic rings. The fourth-order valence-corrected chi connectivity index (χ4v) is 3.13. The molecule has 3 atom stereocenters. The summed E-state index contributed by atoms with van der Waals surface area (Å²) in [6.45, 7) is 7.57. The summed E-state index contributed by atoms with van der Waals surface area (Å²) >= 11 is 0. The van der Waals surface area contributed by atoms with Crippen molar-refractivity contribution in [3.63, 3.8) is 0 Å². The first kappa shape index (κ1) is 17.0. The van der Waals surface area contributed by atoms with Crippen molar-refractivity contribution >= 4 is 11.8 Å². The number of carbonyl (C=O) groups excluding carboxylic acids is 2. The van der Waals surface area contributed by atoms with Crippen molar-refractivity contribution < 1.29 is 9.59 Å². The molecule has 116 valence electrons. The highest BCUT2D eigenvalue weighted by Gasteiger charge is 2.31. The molecule has 0 aromatic heterocycles. The molecule has 5 heteroatoms. The van der Waals surface area contributed by atoms with Crippen LogP contribution in [-0.4, -0.2) is 54.3 Å². The number of nitrogens with two attached hydrogens (primary N) is 1. The second kappa shape index (κ2) is 7.62. The van der Waals surface area contributed by atoms with E-state index in [1.807, 2.05) is 13.8 Å². The fourth-order valence-electron chi connectivity index (χ4n) is 3.13. The van der Waals surface area contributed by atoms with E-state index < -0.39 is 0 Å². The van der Waals surface area contributed by atoms with E-state index in [-0.39, 0.29) is 30.3 Å². The van der Waals surface area contributed by atoms with Gasteiger partial charge in [0.15, 0.2) is 0 Å². The van der Waals surface area contributed by atoms with Crippen LogP contribution in [0.3, 0.4) is 0 Å². The third-order valence-corrected chi connectivity index (χ3v) is 4.19. The lowest BCUT2D eigenvalue weighted by Crippen LogP contribution is -2.45. The Hall–Kier alpha value is -1.10. The van der Waals surface area contributed by atoms with Crippen molar-refractivity contribution in [1.82, 2.24) is 9.80 Å². The van der Waals surface area contributed by atoms with Gasteiger partial charge in [0.25, 0.3) is 0 Å². The van der Waals surface area contributed by atoms with Crippen molar-refractivity contribution in [2.24, 2.45) is 17.6 Å². The topological polar surface area (TPSA) is 66.6 Å². The molecule has 0 aromatic carbocycles. The van der Waals surface area contributed by atoms with Crippen LogP contribution >= 0.6 is 0 Å². The quantitative estimate of drug-likeness (QED) is 0.821. The Morgan fingerprint density at radius 2 is 1.75 bits per heavy atom. The van der Waals surface area contributed by atoms with Crippen LogP contribution in [0, 0.1) is 11.8 Å². The number of likely N-dealkylation sites (N-methyl/N-ethyl adjacent to an activating group) is 2. The van der Waals surface area contributed by atoms with E-state index in [1.165, 1.54) is 0 Å². The molecule has 1 rings (SSSR count). The van der Waals surface area contributed by atoms with Crippen LogP contribution in [0.4, 0.5) is 0 Å². The Bertz CT molecular complexity index is 332. The molecule has 1 saturated carbocycles. The maximum absolute atomic E-state index is 12.4. The SMILES string of the molecule is CCN(CC)C(=O)CN(C)C(=O)C1CC(C)CC(N)C1. The van der Waals surface area contributed by atoms with Crippen LogP contribution in [0.15, 0.2) is 0 Å². The van der Waals surface area contributed by atoms with Gasteiger partial charge in [-0.25, -0.2) is 0 Å². The van der Waals surface area contributed by atoms with Gasteiger partial charge in [0.1, 0.15) is 0 Å². The van der Waals surface area contributed by atoms with E-state index in [4.69, 9.17) is 5.73 Å². The van der Waals surface area contributed by atoms with Gasteiger partial charge in [0, 0.05) is 32.1 Å². The summed E-state index contributed by atoms with van der Waals surface area (Å²) in [5.41, 5.74) is 6.00. The maximum Gasteiger partial charge on any atom is 0.242 e. The van der Waals surface area contributed by atoms with Gasteiger partial charge >= 0.3 is 0 Å². The minimum Gasteiger partial charge on any atom is -0.342 e. The summed E-state index contributed by atoms with van der Waals surface area (Å²) in [5, 5.41) is 0. The summed E-state index contributed by atoms with van der Waals surface area (Å²) in [6, 6.07) is 0.111. The van der Waals surface area contributed by atoms with Gasteiger partial charge in [-0.1, -0.05) is 6.92 Å². The van der Waals surface area contributed by atoms with Crippen LogP contribution in [0.25, 0.3) is 0 Å². The highest BCUT2D eigenvalue weighted by Crippen LogP contribution is 2.29. The molecule has 3 unspecified atom stereocenters. The lowest BCUT2D eigenvalue weighted by atomic mass is 9.79. The summed E-state index contributed by atoms with van der Waals surface area (Å²) in [7, 11) is 1.72. The van der Waals surface area contributed by atoms with Gasteiger partial charge in [-0.3, -0.25) is 9.59 Å². The number of rotatable bonds is 5. The number of carbonyl (C=O) groups is 2. The lowest BCUT2D eigenvalue weighted by molar-refractivity contribution is -0.142. The van der Waals surface area contributed by atoms with Gasteiger partial charge in [0.2, 0.25) is 11.8 Å². The molecule has 0 radical (unpaired) electrons. The molecular weight excluding hydrogens is 254 g/mol. The Morgan fingerprint density at radius 1 is 1.15 bits per heavy atom. The summed E-state index contributed by atoms with van der Waals surface area (Å²) in [5.74, 6) is 0.536. The summed E-state index contributed by atoms with van der Waals surface area (Å²) in [6.07, 6.45) is 2.62. The number of nitrogens with zero attached hydrogens (tertiary/aromatic N) is 2. The molecule has 0 saturated heterocycles. The van der Waals surface area contributed by atoms with E-state index >= 15 is 0 Å². The van der Waals surface area contributed by atoms with Gasteiger partial charge in [-0.2, -0.15) is 0 Å². The van der Waals surface area contributed by atoms with Crippen molar-refractivity contribution in [3.05, 3.63) is 0 Å². The van der Waals surface area contributed by atoms with E-state index in [2.05, 4.69) is 6.92 Å². The highest BCUT2D eigenvalue weighted by atomic mass is 16.2. The molecule has 0 bridgehead atoms. The first-order valence-electron chi connectivity index (χ1n) is 7.67. The molecule has 1 fully saturated rings. The van der Waals surface area contributed by atoms with Crippen molar-refractivity contribution in [2.45, 2.75) is 46.1 Å². The predicted octanol–water partition coefficient (Wildman–Crippen LogP) is 1.08. The lowest BCUT2D eigenvalue weighted by Gasteiger charge is -2.33. The number of amides is 2. The zero-order valence-corrected chi connectivity index (χ0v) is 13.3. The van der Waals surface area contributed by atoms with Crippen molar-refractivity contribution in [3.8, 4) is 0 Å². The molecule has 0 aliphatic heterocycles. The Balaban J connectivity index is 2.56. The molecule has 0 spiro atoms. The minimum absolute atomic E-state index is 0.0130. The third-order valence-electron chi connectivity index (χ3n) is 4.19. The molecule has 2 N–H and O–H groups in total.